The largest absolute Gasteiger partial charge is 0.506 e. The first kappa shape index (κ1) is 11.5. The molecule has 0 aliphatic carbocycles. The highest BCUT2D eigenvalue weighted by atomic mass is 16.3. The minimum Gasteiger partial charge on any atom is -0.506 e. The van der Waals surface area contributed by atoms with E-state index in [9.17, 15) is 9.90 Å². The molecule has 0 heterocycles. The van der Waals surface area contributed by atoms with E-state index in [1.807, 2.05) is 6.92 Å². The van der Waals surface area contributed by atoms with Crippen LogP contribution in [0.4, 0.5) is 5.69 Å². The lowest BCUT2D eigenvalue weighted by Gasteiger charge is -2.07. The quantitative estimate of drug-likeness (QED) is 0.652. The Morgan fingerprint density at radius 1 is 1.47 bits per heavy atom. The number of rotatable bonds is 4. The lowest BCUT2D eigenvalue weighted by atomic mass is 10.2. The fourth-order valence-electron chi connectivity index (χ4n) is 1.20. The highest BCUT2D eigenvalue weighted by Crippen LogP contribution is 2.23. The molecule has 0 radical (unpaired) electrons. The summed E-state index contributed by atoms with van der Waals surface area (Å²) in [7, 11) is 1.79. The van der Waals surface area contributed by atoms with Crippen molar-refractivity contribution in [1.82, 2.24) is 5.32 Å². The second-order valence-corrected chi connectivity index (χ2v) is 3.42. The van der Waals surface area contributed by atoms with Gasteiger partial charge in [-0.25, -0.2) is 0 Å². The Balaban J connectivity index is 2.63. The Kier molecular flexibility index (Phi) is 4.12. The molecule has 4 heteroatoms. The van der Waals surface area contributed by atoms with Gasteiger partial charge in [0, 0.05) is 13.0 Å². The van der Waals surface area contributed by atoms with Gasteiger partial charge < -0.3 is 15.7 Å². The second kappa shape index (κ2) is 5.36. The van der Waals surface area contributed by atoms with Crippen molar-refractivity contribution in [2.24, 2.45) is 0 Å². The molecule has 0 unspecified atom stereocenters. The molecule has 0 saturated heterocycles. The van der Waals surface area contributed by atoms with Crippen LogP contribution in [0.3, 0.4) is 0 Å². The molecule has 0 fully saturated rings. The number of aryl methyl sites for hydroxylation is 1. The Morgan fingerprint density at radius 3 is 2.87 bits per heavy atom. The van der Waals surface area contributed by atoms with E-state index in [-0.39, 0.29) is 11.7 Å². The van der Waals surface area contributed by atoms with Crippen LogP contribution in [0.2, 0.25) is 0 Å². The molecule has 0 aliphatic rings. The number of aromatic hydroxyl groups is 1. The minimum atomic E-state index is -0.106. The van der Waals surface area contributed by atoms with Crippen molar-refractivity contribution in [1.29, 1.82) is 0 Å². The van der Waals surface area contributed by atoms with Crippen molar-refractivity contribution >= 4 is 11.6 Å². The second-order valence-electron chi connectivity index (χ2n) is 3.42. The third-order valence-corrected chi connectivity index (χ3v) is 2.03. The van der Waals surface area contributed by atoms with Gasteiger partial charge in [0.2, 0.25) is 5.91 Å². The Hall–Kier alpha value is -1.55. The van der Waals surface area contributed by atoms with E-state index in [2.05, 4.69) is 10.6 Å². The maximum atomic E-state index is 11.4. The van der Waals surface area contributed by atoms with Crippen LogP contribution < -0.4 is 10.6 Å². The van der Waals surface area contributed by atoms with Gasteiger partial charge in [-0.15, -0.1) is 0 Å². The van der Waals surface area contributed by atoms with Crippen LogP contribution in [0.15, 0.2) is 18.2 Å². The standard InChI is InChI=1S/C11H16N2O2/c1-8-3-4-10(14)9(7-8)13-11(15)5-6-12-2/h3-4,7,12,14H,5-6H2,1-2H3,(H,13,15). The first-order chi connectivity index (χ1) is 7.13. The fraction of sp³-hybridized carbons (Fsp3) is 0.364. The molecule has 0 bridgehead atoms. The Morgan fingerprint density at radius 2 is 2.20 bits per heavy atom. The van der Waals surface area contributed by atoms with Gasteiger partial charge in [-0.05, 0) is 31.7 Å². The summed E-state index contributed by atoms with van der Waals surface area (Å²) in [6.07, 6.45) is 0.393. The normalized spacial score (nSPS) is 10.0. The molecule has 4 nitrogen and oxygen atoms in total. The number of nitrogens with one attached hydrogen (secondary N) is 2. The van der Waals surface area contributed by atoms with Gasteiger partial charge in [0.25, 0.3) is 0 Å². The molecule has 0 saturated carbocycles. The zero-order chi connectivity index (χ0) is 11.3. The lowest BCUT2D eigenvalue weighted by molar-refractivity contribution is -0.116. The summed E-state index contributed by atoms with van der Waals surface area (Å²) in [5, 5.41) is 15.0. The molecule has 1 rings (SSSR count). The van der Waals surface area contributed by atoms with E-state index in [0.29, 0.717) is 18.7 Å². The molecule has 0 spiro atoms. The van der Waals surface area contributed by atoms with Crippen LogP contribution >= 0.6 is 0 Å². The number of phenols is 1. The van der Waals surface area contributed by atoms with Crippen LogP contribution in [0.1, 0.15) is 12.0 Å². The summed E-state index contributed by atoms with van der Waals surface area (Å²) >= 11 is 0. The molecule has 3 N–H and O–H groups in total. The summed E-state index contributed by atoms with van der Waals surface area (Å²) in [4.78, 5) is 11.4. The van der Waals surface area contributed by atoms with Gasteiger partial charge >= 0.3 is 0 Å². The average Bonchev–Trinajstić information content (AvgIpc) is 2.20. The number of carbonyl (C=O) groups is 1. The first-order valence-corrected chi connectivity index (χ1v) is 4.87. The summed E-state index contributed by atoms with van der Waals surface area (Å²) in [5.74, 6) is -0.0105. The van der Waals surface area contributed by atoms with Crippen LogP contribution in [-0.2, 0) is 4.79 Å². The fourth-order valence-corrected chi connectivity index (χ4v) is 1.20. The molecule has 0 aromatic heterocycles. The highest BCUT2D eigenvalue weighted by Gasteiger charge is 2.05. The van der Waals surface area contributed by atoms with Gasteiger partial charge in [-0.1, -0.05) is 6.07 Å². The van der Waals surface area contributed by atoms with Crippen molar-refractivity contribution in [3.05, 3.63) is 23.8 Å². The van der Waals surface area contributed by atoms with E-state index >= 15 is 0 Å². The van der Waals surface area contributed by atoms with E-state index < -0.39 is 0 Å². The maximum Gasteiger partial charge on any atom is 0.225 e. The number of carbonyl (C=O) groups excluding carboxylic acids is 1. The van der Waals surface area contributed by atoms with Crippen LogP contribution in [0.5, 0.6) is 5.75 Å². The molecular formula is C11H16N2O2. The molecule has 82 valence electrons. The van der Waals surface area contributed by atoms with Crippen molar-refractivity contribution in [3.63, 3.8) is 0 Å². The molecule has 15 heavy (non-hydrogen) atoms. The van der Waals surface area contributed by atoms with Crippen molar-refractivity contribution < 1.29 is 9.90 Å². The number of hydrogen-bond acceptors (Lipinski definition) is 3. The van der Waals surface area contributed by atoms with E-state index in [1.165, 1.54) is 0 Å². The summed E-state index contributed by atoms with van der Waals surface area (Å²) in [6, 6.07) is 5.11. The van der Waals surface area contributed by atoms with Crippen LogP contribution in [-0.4, -0.2) is 24.6 Å². The third kappa shape index (κ3) is 3.59. The number of anilines is 1. The van der Waals surface area contributed by atoms with Crippen LogP contribution in [0, 0.1) is 6.92 Å². The number of hydrogen-bond donors (Lipinski definition) is 3. The van der Waals surface area contributed by atoms with Gasteiger partial charge in [0.1, 0.15) is 5.75 Å². The van der Waals surface area contributed by atoms with E-state index in [4.69, 9.17) is 0 Å². The van der Waals surface area contributed by atoms with Gasteiger partial charge in [0.15, 0.2) is 0 Å². The van der Waals surface area contributed by atoms with Crippen molar-refractivity contribution in [2.45, 2.75) is 13.3 Å². The number of benzene rings is 1. The van der Waals surface area contributed by atoms with Gasteiger partial charge in [-0.3, -0.25) is 4.79 Å². The summed E-state index contributed by atoms with van der Waals surface area (Å²) in [6.45, 7) is 2.53. The monoisotopic (exact) mass is 208 g/mol. The predicted molar refractivity (Wildman–Crippen MR) is 60.0 cm³/mol. The summed E-state index contributed by atoms with van der Waals surface area (Å²) in [5.41, 5.74) is 1.47. The van der Waals surface area contributed by atoms with Crippen molar-refractivity contribution in [2.75, 3.05) is 18.9 Å². The zero-order valence-electron chi connectivity index (χ0n) is 9.00. The highest BCUT2D eigenvalue weighted by molar-refractivity contribution is 5.92. The lowest BCUT2D eigenvalue weighted by Crippen LogP contribution is -2.18. The van der Waals surface area contributed by atoms with E-state index in [0.717, 1.165) is 5.56 Å². The topological polar surface area (TPSA) is 61.4 Å². The molecular weight excluding hydrogens is 192 g/mol. The van der Waals surface area contributed by atoms with Gasteiger partial charge in [0.05, 0.1) is 5.69 Å². The minimum absolute atomic E-state index is 0.0957. The molecule has 0 aliphatic heterocycles. The van der Waals surface area contributed by atoms with E-state index in [1.54, 1.807) is 25.2 Å². The third-order valence-electron chi connectivity index (χ3n) is 2.03. The molecule has 1 aromatic carbocycles. The maximum absolute atomic E-state index is 11.4. The molecule has 1 amide bonds. The number of amides is 1. The predicted octanol–water partition coefficient (Wildman–Crippen LogP) is 1.25. The molecule has 0 atom stereocenters. The van der Waals surface area contributed by atoms with Gasteiger partial charge in [-0.2, -0.15) is 0 Å². The Labute approximate surface area is 89.3 Å². The SMILES string of the molecule is CNCCC(=O)Nc1cc(C)ccc1O. The average molecular weight is 208 g/mol. The Bertz CT molecular complexity index is 350. The molecule has 1 aromatic rings. The van der Waals surface area contributed by atoms with Crippen molar-refractivity contribution in [3.8, 4) is 5.75 Å². The zero-order valence-corrected chi connectivity index (χ0v) is 9.00. The smallest absolute Gasteiger partial charge is 0.225 e. The number of phenolic OH excluding ortho intramolecular Hbond substituents is 1. The first-order valence-electron chi connectivity index (χ1n) is 4.87. The van der Waals surface area contributed by atoms with Crippen LogP contribution in [0.25, 0.3) is 0 Å². The summed E-state index contributed by atoms with van der Waals surface area (Å²) < 4.78 is 0.